The van der Waals surface area contributed by atoms with E-state index in [1.165, 1.54) is 45.2 Å². The van der Waals surface area contributed by atoms with E-state index in [1.807, 2.05) is 0 Å². The van der Waals surface area contributed by atoms with Gasteiger partial charge in [0.15, 0.2) is 0 Å². The van der Waals surface area contributed by atoms with Crippen molar-refractivity contribution < 1.29 is 0 Å². The second kappa shape index (κ2) is 6.91. The molecule has 2 rings (SSSR count). The first-order chi connectivity index (χ1) is 9.63. The van der Waals surface area contributed by atoms with Gasteiger partial charge in [-0.3, -0.25) is 5.32 Å². The average molecular weight is 277 g/mol. The lowest BCUT2D eigenvalue weighted by atomic mass is 9.85. The van der Waals surface area contributed by atoms with Crippen molar-refractivity contribution in [2.75, 3.05) is 19.6 Å². The van der Waals surface area contributed by atoms with Crippen molar-refractivity contribution in [2.24, 2.45) is 11.8 Å². The van der Waals surface area contributed by atoms with E-state index in [0.717, 1.165) is 24.9 Å². The van der Waals surface area contributed by atoms with Gasteiger partial charge in [-0.2, -0.15) is 5.26 Å². The molecular formula is C17H31N3. The Morgan fingerprint density at radius 3 is 2.80 bits per heavy atom. The molecule has 3 heteroatoms. The van der Waals surface area contributed by atoms with E-state index >= 15 is 0 Å². The Balaban J connectivity index is 1.91. The van der Waals surface area contributed by atoms with Crippen LogP contribution in [0.15, 0.2) is 0 Å². The molecule has 0 aromatic rings. The van der Waals surface area contributed by atoms with Crippen LogP contribution in [-0.4, -0.2) is 36.1 Å². The summed E-state index contributed by atoms with van der Waals surface area (Å²) < 4.78 is 0. The minimum atomic E-state index is -0.234. The summed E-state index contributed by atoms with van der Waals surface area (Å²) in [5.41, 5.74) is -0.234. The van der Waals surface area contributed by atoms with Gasteiger partial charge in [-0.15, -0.1) is 0 Å². The lowest BCUT2D eigenvalue weighted by molar-refractivity contribution is 0.180. The first-order valence-electron chi connectivity index (χ1n) is 8.53. The first kappa shape index (κ1) is 15.8. The monoisotopic (exact) mass is 277 g/mol. The molecule has 114 valence electrons. The molecule has 0 aromatic heterocycles. The smallest absolute Gasteiger partial charge is 0.109 e. The highest BCUT2D eigenvalue weighted by atomic mass is 15.2. The summed E-state index contributed by atoms with van der Waals surface area (Å²) in [6.45, 7) is 10.2. The Kier molecular flexibility index (Phi) is 5.46. The van der Waals surface area contributed by atoms with Crippen LogP contribution in [0.3, 0.4) is 0 Å². The molecule has 0 aromatic carbocycles. The lowest BCUT2D eigenvalue weighted by Gasteiger charge is -2.33. The quantitative estimate of drug-likeness (QED) is 0.810. The molecule has 1 N–H and O–H groups in total. The fourth-order valence-electron chi connectivity index (χ4n) is 4.41. The van der Waals surface area contributed by atoms with E-state index in [1.54, 1.807) is 0 Å². The second-order valence-corrected chi connectivity index (χ2v) is 6.98. The predicted octanol–water partition coefficient (Wildman–Crippen LogP) is 3.17. The van der Waals surface area contributed by atoms with Gasteiger partial charge in [0.25, 0.3) is 0 Å². The van der Waals surface area contributed by atoms with E-state index in [0.29, 0.717) is 5.92 Å². The van der Waals surface area contributed by atoms with E-state index in [4.69, 9.17) is 0 Å². The number of hydrogen-bond acceptors (Lipinski definition) is 3. The van der Waals surface area contributed by atoms with Crippen molar-refractivity contribution in [3.63, 3.8) is 0 Å². The number of likely N-dealkylation sites (tertiary alicyclic amines) is 1. The summed E-state index contributed by atoms with van der Waals surface area (Å²) in [5.74, 6) is 1.30. The van der Waals surface area contributed by atoms with Gasteiger partial charge in [0.1, 0.15) is 5.54 Å². The summed E-state index contributed by atoms with van der Waals surface area (Å²) in [6.07, 6.45) is 7.36. The van der Waals surface area contributed by atoms with Crippen LogP contribution in [0.2, 0.25) is 0 Å². The van der Waals surface area contributed by atoms with E-state index < -0.39 is 0 Å². The Morgan fingerprint density at radius 1 is 1.35 bits per heavy atom. The molecule has 0 radical (unpaired) electrons. The van der Waals surface area contributed by atoms with Crippen LogP contribution >= 0.6 is 0 Å². The average Bonchev–Trinajstić information content (AvgIpc) is 3.03. The van der Waals surface area contributed by atoms with Crippen LogP contribution in [0.1, 0.15) is 59.3 Å². The zero-order valence-corrected chi connectivity index (χ0v) is 13.5. The van der Waals surface area contributed by atoms with E-state index in [9.17, 15) is 5.26 Å². The van der Waals surface area contributed by atoms with Gasteiger partial charge in [-0.25, -0.2) is 0 Å². The molecule has 2 fully saturated rings. The van der Waals surface area contributed by atoms with Crippen molar-refractivity contribution in [2.45, 2.75) is 70.9 Å². The van der Waals surface area contributed by atoms with Crippen molar-refractivity contribution in [3.8, 4) is 6.07 Å². The Bertz CT molecular complexity index is 347. The van der Waals surface area contributed by atoms with Gasteiger partial charge in [-0.05, 0) is 63.6 Å². The van der Waals surface area contributed by atoms with Gasteiger partial charge < -0.3 is 4.90 Å². The number of nitrogens with one attached hydrogen (secondary N) is 1. The zero-order chi connectivity index (χ0) is 14.6. The predicted molar refractivity (Wildman–Crippen MR) is 83.4 cm³/mol. The van der Waals surface area contributed by atoms with Gasteiger partial charge in [0, 0.05) is 6.04 Å². The van der Waals surface area contributed by atoms with E-state index in [-0.39, 0.29) is 5.54 Å². The van der Waals surface area contributed by atoms with Crippen molar-refractivity contribution in [1.29, 1.82) is 5.26 Å². The second-order valence-electron chi connectivity index (χ2n) is 6.98. The Hall–Kier alpha value is -0.590. The van der Waals surface area contributed by atoms with Crippen LogP contribution in [0, 0.1) is 23.2 Å². The summed E-state index contributed by atoms with van der Waals surface area (Å²) in [4.78, 5) is 2.68. The number of nitrogens with zero attached hydrogens (tertiary/aromatic N) is 2. The summed E-state index contributed by atoms with van der Waals surface area (Å²) in [5, 5.41) is 13.1. The summed E-state index contributed by atoms with van der Waals surface area (Å²) in [7, 11) is 0. The van der Waals surface area contributed by atoms with Crippen molar-refractivity contribution in [3.05, 3.63) is 0 Å². The third-order valence-corrected chi connectivity index (χ3v) is 5.46. The molecule has 2 aliphatic rings. The fourth-order valence-corrected chi connectivity index (χ4v) is 4.41. The molecule has 3 atom stereocenters. The summed E-state index contributed by atoms with van der Waals surface area (Å²) >= 11 is 0. The molecule has 1 aliphatic heterocycles. The normalized spacial score (nSPS) is 34.8. The molecule has 0 bridgehead atoms. The molecule has 1 aliphatic carbocycles. The van der Waals surface area contributed by atoms with E-state index in [2.05, 4.69) is 37.1 Å². The zero-order valence-electron chi connectivity index (χ0n) is 13.5. The first-order valence-corrected chi connectivity index (χ1v) is 8.53. The number of hydrogen-bond donors (Lipinski definition) is 1. The highest BCUT2D eigenvalue weighted by molar-refractivity contribution is 5.14. The van der Waals surface area contributed by atoms with Crippen molar-refractivity contribution >= 4 is 0 Å². The maximum Gasteiger partial charge on any atom is 0.109 e. The topological polar surface area (TPSA) is 39.1 Å². The maximum atomic E-state index is 9.62. The Labute approximate surface area is 124 Å². The molecule has 1 saturated carbocycles. The molecule has 0 amide bonds. The largest absolute Gasteiger partial charge is 0.300 e. The molecule has 3 unspecified atom stereocenters. The molecule has 3 nitrogen and oxygen atoms in total. The molecular weight excluding hydrogens is 246 g/mol. The molecule has 0 spiro atoms. The maximum absolute atomic E-state index is 9.62. The van der Waals surface area contributed by atoms with Crippen LogP contribution in [0.5, 0.6) is 0 Å². The summed E-state index contributed by atoms with van der Waals surface area (Å²) in [6, 6.07) is 3.38. The van der Waals surface area contributed by atoms with Crippen LogP contribution < -0.4 is 5.32 Å². The SMILES string of the molecule is CCNC1(C#N)CCCC1CCN1CCCC1C(C)C. The standard InChI is InChI=1S/C17H31N3/c1-4-19-17(13-18)10-5-7-15(17)9-12-20-11-6-8-16(20)14(2)3/h14-16,19H,4-12H2,1-3H3. The highest BCUT2D eigenvalue weighted by Gasteiger charge is 2.42. The third-order valence-electron chi connectivity index (χ3n) is 5.46. The highest BCUT2D eigenvalue weighted by Crippen LogP contribution is 2.38. The third kappa shape index (κ3) is 3.18. The molecule has 20 heavy (non-hydrogen) atoms. The molecule has 1 heterocycles. The number of rotatable bonds is 6. The minimum absolute atomic E-state index is 0.234. The Morgan fingerprint density at radius 2 is 2.15 bits per heavy atom. The lowest BCUT2D eigenvalue weighted by Crippen LogP contribution is -2.48. The molecule has 1 saturated heterocycles. The van der Waals surface area contributed by atoms with Crippen LogP contribution in [0.4, 0.5) is 0 Å². The van der Waals surface area contributed by atoms with Gasteiger partial charge in [-0.1, -0.05) is 27.2 Å². The minimum Gasteiger partial charge on any atom is -0.300 e. The van der Waals surface area contributed by atoms with Gasteiger partial charge in [0.05, 0.1) is 6.07 Å². The van der Waals surface area contributed by atoms with Gasteiger partial charge in [0.2, 0.25) is 0 Å². The van der Waals surface area contributed by atoms with Crippen LogP contribution in [-0.2, 0) is 0 Å². The fraction of sp³-hybridized carbons (Fsp3) is 0.941. The van der Waals surface area contributed by atoms with Gasteiger partial charge >= 0.3 is 0 Å². The van der Waals surface area contributed by atoms with Crippen LogP contribution in [0.25, 0.3) is 0 Å². The number of nitriles is 1. The van der Waals surface area contributed by atoms with Crippen molar-refractivity contribution in [1.82, 2.24) is 10.2 Å².